The lowest BCUT2D eigenvalue weighted by Crippen LogP contribution is -2.56. The van der Waals surface area contributed by atoms with Crippen LogP contribution in [0.15, 0.2) is 42.5 Å². The number of amides is 1. The van der Waals surface area contributed by atoms with E-state index in [2.05, 4.69) is 5.32 Å². The second kappa shape index (κ2) is 9.33. The lowest BCUT2D eigenvalue weighted by Gasteiger charge is -2.29. The van der Waals surface area contributed by atoms with E-state index in [9.17, 15) is 9.59 Å². The van der Waals surface area contributed by atoms with Gasteiger partial charge < -0.3 is 14.8 Å². The molecule has 1 N–H and O–H groups in total. The minimum Gasteiger partial charge on any atom is -0.490 e. The van der Waals surface area contributed by atoms with Crippen molar-refractivity contribution in [3.63, 3.8) is 0 Å². The van der Waals surface area contributed by atoms with Crippen LogP contribution in [0.5, 0.6) is 5.75 Å². The molecule has 5 heteroatoms. The fraction of sp³-hybridized carbons (Fsp3) is 0.440. The molecule has 0 aliphatic heterocycles. The maximum Gasteiger partial charge on any atom is 0.332 e. The molecule has 0 saturated carbocycles. The van der Waals surface area contributed by atoms with E-state index >= 15 is 0 Å². The second-order valence-electron chi connectivity index (χ2n) is 8.08. The van der Waals surface area contributed by atoms with E-state index in [4.69, 9.17) is 9.47 Å². The third-order valence-corrected chi connectivity index (χ3v) is 5.63. The summed E-state index contributed by atoms with van der Waals surface area (Å²) in [4.78, 5) is 26.4. The van der Waals surface area contributed by atoms with E-state index in [0.29, 0.717) is 30.8 Å². The normalized spacial score (nSPS) is 15.2. The number of carbonyl (C=O) groups excluding carboxylic acids is 2. The van der Waals surface area contributed by atoms with Crippen molar-refractivity contribution < 1.29 is 19.1 Å². The lowest BCUT2D eigenvalue weighted by molar-refractivity contribution is -0.151. The molecule has 0 saturated heterocycles. The molecule has 0 aromatic heterocycles. The summed E-state index contributed by atoms with van der Waals surface area (Å²) >= 11 is 0. The average Bonchev–Trinajstić information content (AvgIpc) is 3.12. The number of carbonyl (C=O) groups is 2. The molecule has 0 bridgehead atoms. The Kier molecular flexibility index (Phi) is 6.80. The molecule has 1 atom stereocenters. The predicted molar refractivity (Wildman–Crippen MR) is 117 cm³/mol. The summed E-state index contributed by atoms with van der Waals surface area (Å²) < 4.78 is 11.6. The number of ether oxygens (including phenoxy) is 2. The van der Waals surface area contributed by atoms with Crippen LogP contribution in [-0.2, 0) is 22.4 Å². The number of rotatable bonds is 8. The maximum atomic E-state index is 13.4. The van der Waals surface area contributed by atoms with Crippen molar-refractivity contribution in [2.75, 3.05) is 6.61 Å². The van der Waals surface area contributed by atoms with Crippen LogP contribution in [0.1, 0.15) is 60.7 Å². The van der Waals surface area contributed by atoms with Gasteiger partial charge in [0.2, 0.25) is 0 Å². The van der Waals surface area contributed by atoms with Crippen molar-refractivity contribution in [2.45, 2.75) is 65.0 Å². The Balaban J connectivity index is 1.92. The molecule has 2 aromatic rings. The van der Waals surface area contributed by atoms with Gasteiger partial charge in [-0.05, 0) is 49.4 Å². The third-order valence-electron chi connectivity index (χ3n) is 5.63. The molecule has 2 aromatic carbocycles. The van der Waals surface area contributed by atoms with Crippen LogP contribution in [0.4, 0.5) is 0 Å². The Morgan fingerprint density at radius 2 is 1.73 bits per heavy atom. The Hall–Kier alpha value is -2.82. The summed E-state index contributed by atoms with van der Waals surface area (Å²) in [5.41, 5.74) is 2.35. The summed E-state index contributed by atoms with van der Waals surface area (Å²) in [6.45, 7) is 8.22. The molecule has 1 amide bonds. The fourth-order valence-corrected chi connectivity index (χ4v) is 3.79. The summed E-state index contributed by atoms with van der Waals surface area (Å²) in [5.74, 6) is -0.138. The van der Waals surface area contributed by atoms with E-state index in [1.807, 2.05) is 64.1 Å². The Bertz CT molecular complexity index is 896. The second-order valence-corrected chi connectivity index (χ2v) is 8.08. The summed E-state index contributed by atoms with van der Waals surface area (Å²) in [7, 11) is 0. The van der Waals surface area contributed by atoms with E-state index in [1.165, 1.54) is 0 Å². The first-order valence-corrected chi connectivity index (χ1v) is 10.7. The number of hydrogen-bond acceptors (Lipinski definition) is 4. The topological polar surface area (TPSA) is 64.6 Å². The maximum absolute atomic E-state index is 13.4. The van der Waals surface area contributed by atoms with Gasteiger partial charge in [0.1, 0.15) is 11.3 Å². The molecular formula is C25H31NO4. The standard InChI is InChI=1S/C25H31NO4/c1-5-14-29-24(28)25(15-19-11-7-8-12-20(19)16-25)26-23(27)21-13-9-10-17(3)22(21)30-18(4)6-2/h7-13,18H,5-6,14-16H2,1-4H3,(H,26,27). The number of para-hydroxylation sites is 1. The van der Waals surface area contributed by atoms with Gasteiger partial charge in [-0.1, -0.05) is 50.2 Å². The van der Waals surface area contributed by atoms with E-state index in [1.54, 1.807) is 6.07 Å². The highest BCUT2D eigenvalue weighted by Crippen LogP contribution is 2.33. The molecular weight excluding hydrogens is 378 g/mol. The van der Waals surface area contributed by atoms with Gasteiger partial charge in [-0.3, -0.25) is 4.79 Å². The molecule has 30 heavy (non-hydrogen) atoms. The molecule has 1 aliphatic rings. The van der Waals surface area contributed by atoms with Gasteiger partial charge in [-0.15, -0.1) is 0 Å². The van der Waals surface area contributed by atoms with E-state index < -0.39 is 5.54 Å². The number of nitrogens with one attached hydrogen (secondary N) is 1. The third kappa shape index (κ3) is 4.50. The first kappa shape index (κ1) is 21.9. The van der Waals surface area contributed by atoms with E-state index in [-0.39, 0.29) is 18.0 Å². The van der Waals surface area contributed by atoms with Crippen LogP contribution in [0.2, 0.25) is 0 Å². The number of benzene rings is 2. The minimum absolute atomic E-state index is 0.0168. The van der Waals surface area contributed by atoms with Crippen LogP contribution >= 0.6 is 0 Å². The smallest absolute Gasteiger partial charge is 0.332 e. The Labute approximate surface area is 178 Å². The van der Waals surface area contributed by atoms with Crippen LogP contribution in [0.25, 0.3) is 0 Å². The van der Waals surface area contributed by atoms with Crippen molar-refractivity contribution >= 4 is 11.9 Å². The molecule has 1 aliphatic carbocycles. The van der Waals surface area contributed by atoms with Gasteiger partial charge in [0.15, 0.2) is 0 Å². The molecule has 0 radical (unpaired) electrons. The molecule has 0 heterocycles. The summed E-state index contributed by atoms with van der Waals surface area (Å²) in [6, 6.07) is 13.4. The van der Waals surface area contributed by atoms with Crippen LogP contribution in [0, 0.1) is 6.92 Å². The highest BCUT2D eigenvalue weighted by molar-refractivity contribution is 6.01. The summed E-state index contributed by atoms with van der Waals surface area (Å²) in [5, 5.41) is 3.03. The molecule has 160 valence electrons. The number of aryl methyl sites for hydroxylation is 1. The average molecular weight is 410 g/mol. The van der Waals surface area contributed by atoms with E-state index in [0.717, 1.165) is 29.5 Å². The first-order valence-electron chi connectivity index (χ1n) is 10.7. The summed E-state index contributed by atoms with van der Waals surface area (Å²) in [6.07, 6.45) is 2.39. The van der Waals surface area contributed by atoms with Crippen molar-refractivity contribution in [3.8, 4) is 5.75 Å². The van der Waals surface area contributed by atoms with Crippen molar-refractivity contribution in [1.29, 1.82) is 0 Å². The van der Waals surface area contributed by atoms with Crippen molar-refractivity contribution in [2.24, 2.45) is 0 Å². The molecule has 3 rings (SSSR count). The monoisotopic (exact) mass is 409 g/mol. The van der Waals surface area contributed by atoms with Crippen LogP contribution in [0.3, 0.4) is 0 Å². The lowest BCUT2D eigenvalue weighted by atomic mass is 9.94. The zero-order valence-corrected chi connectivity index (χ0v) is 18.3. The zero-order chi connectivity index (χ0) is 21.7. The van der Waals surface area contributed by atoms with Gasteiger partial charge in [0, 0.05) is 12.8 Å². The molecule has 1 unspecified atom stereocenters. The van der Waals surface area contributed by atoms with Gasteiger partial charge >= 0.3 is 5.97 Å². The largest absolute Gasteiger partial charge is 0.490 e. The molecule has 0 spiro atoms. The minimum atomic E-state index is -1.10. The number of esters is 1. The van der Waals surface area contributed by atoms with Crippen molar-refractivity contribution in [3.05, 3.63) is 64.7 Å². The first-order chi connectivity index (χ1) is 14.4. The highest BCUT2D eigenvalue weighted by Gasteiger charge is 2.46. The van der Waals surface area contributed by atoms with Crippen molar-refractivity contribution in [1.82, 2.24) is 5.32 Å². The number of fused-ring (bicyclic) bond motifs is 1. The zero-order valence-electron chi connectivity index (χ0n) is 18.3. The SMILES string of the molecule is CCCOC(=O)C1(NC(=O)c2cccc(C)c2OC(C)CC)Cc2ccccc2C1. The highest BCUT2D eigenvalue weighted by atomic mass is 16.5. The van der Waals surface area contributed by atoms with Gasteiger partial charge in [-0.2, -0.15) is 0 Å². The van der Waals surface area contributed by atoms with Gasteiger partial charge in [0.25, 0.3) is 5.91 Å². The van der Waals surface area contributed by atoms with Gasteiger partial charge in [0.05, 0.1) is 18.3 Å². The van der Waals surface area contributed by atoms with Crippen LogP contribution < -0.4 is 10.1 Å². The fourth-order valence-electron chi connectivity index (χ4n) is 3.79. The predicted octanol–water partition coefficient (Wildman–Crippen LogP) is 4.39. The van der Waals surface area contributed by atoms with Crippen LogP contribution in [-0.4, -0.2) is 30.1 Å². The quantitative estimate of drug-likeness (QED) is 0.657. The Morgan fingerprint density at radius 3 is 2.33 bits per heavy atom. The molecule has 0 fully saturated rings. The van der Waals surface area contributed by atoms with Gasteiger partial charge in [-0.25, -0.2) is 4.79 Å². The number of hydrogen-bond donors (Lipinski definition) is 1. The Morgan fingerprint density at radius 1 is 1.07 bits per heavy atom. The molecule has 5 nitrogen and oxygen atoms in total.